The number of anilines is 1. The molecule has 3 amide bonds. The first-order valence-electron chi connectivity index (χ1n) is 11.2. The van der Waals surface area contributed by atoms with Crippen LogP contribution in [0.25, 0.3) is 6.08 Å². The standard InChI is InChI=1S/C27H23ClN2O5S/c1-2-34-22-13-9-21(10-14-22)29-25(31)16-30-26(32)24(36-27(30)33)15-18-5-11-23(12-6-18)35-17-19-3-7-20(28)8-4-19/h3-15H,2,16-17H2,1H3,(H,29,31)/b24-15+. The molecular weight excluding hydrogens is 500 g/mol. The minimum atomic E-state index is -0.505. The van der Waals surface area contributed by atoms with E-state index in [0.29, 0.717) is 35.4 Å². The summed E-state index contributed by atoms with van der Waals surface area (Å²) in [6, 6.07) is 21.4. The fraction of sp³-hybridized carbons (Fsp3) is 0.148. The Morgan fingerprint density at radius 3 is 2.25 bits per heavy atom. The number of carbonyl (C=O) groups is 3. The second-order valence-electron chi connectivity index (χ2n) is 7.76. The van der Waals surface area contributed by atoms with Gasteiger partial charge in [0, 0.05) is 10.7 Å². The summed E-state index contributed by atoms with van der Waals surface area (Å²) in [7, 11) is 0. The Morgan fingerprint density at radius 1 is 0.944 bits per heavy atom. The maximum Gasteiger partial charge on any atom is 0.294 e. The molecule has 0 bridgehead atoms. The minimum absolute atomic E-state index is 0.253. The van der Waals surface area contributed by atoms with Crippen LogP contribution in [0.3, 0.4) is 0 Å². The summed E-state index contributed by atoms with van der Waals surface area (Å²) in [4.78, 5) is 38.8. The third-order valence-electron chi connectivity index (χ3n) is 5.12. The summed E-state index contributed by atoms with van der Waals surface area (Å²) in [5, 5.41) is 2.86. The zero-order chi connectivity index (χ0) is 25.5. The number of halogens is 1. The molecule has 0 radical (unpaired) electrons. The highest BCUT2D eigenvalue weighted by Crippen LogP contribution is 2.32. The Balaban J connectivity index is 1.33. The summed E-state index contributed by atoms with van der Waals surface area (Å²) < 4.78 is 11.1. The monoisotopic (exact) mass is 522 g/mol. The summed E-state index contributed by atoms with van der Waals surface area (Å²) in [6.45, 7) is 2.45. The van der Waals surface area contributed by atoms with Crippen molar-refractivity contribution in [3.8, 4) is 11.5 Å². The molecule has 0 unspecified atom stereocenters. The molecule has 9 heteroatoms. The van der Waals surface area contributed by atoms with Gasteiger partial charge in [-0.1, -0.05) is 35.9 Å². The van der Waals surface area contributed by atoms with E-state index in [1.165, 1.54) is 0 Å². The Hall–Kier alpha value is -3.75. The van der Waals surface area contributed by atoms with Gasteiger partial charge in [0.15, 0.2) is 0 Å². The van der Waals surface area contributed by atoms with Crippen LogP contribution in [0.4, 0.5) is 10.5 Å². The molecule has 1 aliphatic rings. The second-order valence-corrected chi connectivity index (χ2v) is 9.19. The molecule has 0 atom stereocenters. The van der Waals surface area contributed by atoms with Gasteiger partial charge in [-0.2, -0.15) is 0 Å². The zero-order valence-electron chi connectivity index (χ0n) is 19.4. The highest BCUT2D eigenvalue weighted by molar-refractivity contribution is 8.18. The number of nitrogens with one attached hydrogen (secondary N) is 1. The van der Waals surface area contributed by atoms with Gasteiger partial charge in [-0.3, -0.25) is 19.3 Å². The van der Waals surface area contributed by atoms with E-state index in [-0.39, 0.29) is 11.4 Å². The smallest absolute Gasteiger partial charge is 0.294 e. The van der Waals surface area contributed by atoms with Gasteiger partial charge >= 0.3 is 0 Å². The Labute approximate surface area is 218 Å². The largest absolute Gasteiger partial charge is 0.494 e. The van der Waals surface area contributed by atoms with Gasteiger partial charge in [0.1, 0.15) is 24.7 Å². The van der Waals surface area contributed by atoms with Gasteiger partial charge in [-0.05, 0) is 84.4 Å². The van der Waals surface area contributed by atoms with Crippen LogP contribution < -0.4 is 14.8 Å². The van der Waals surface area contributed by atoms with Crippen molar-refractivity contribution in [3.63, 3.8) is 0 Å². The van der Waals surface area contributed by atoms with Crippen LogP contribution in [-0.4, -0.2) is 35.1 Å². The average Bonchev–Trinajstić information content (AvgIpc) is 3.13. The molecule has 1 aliphatic heterocycles. The van der Waals surface area contributed by atoms with Crippen molar-refractivity contribution in [3.05, 3.63) is 93.9 Å². The Bertz CT molecular complexity index is 1280. The summed E-state index contributed by atoms with van der Waals surface area (Å²) in [5.74, 6) is 0.383. The van der Waals surface area contributed by atoms with E-state index in [2.05, 4.69) is 5.32 Å². The molecule has 0 spiro atoms. The first-order valence-corrected chi connectivity index (χ1v) is 12.4. The Kier molecular flexibility index (Phi) is 8.30. The van der Waals surface area contributed by atoms with Crippen LogP contribution in [-0.2, 0) is 16.2 Å². The van der Waals surface area contributed by atoms with E-state index >= 15 is 0 Å². The lowest BCUT2D eigenvalue weighted by Gasteiger charge is -2.12. The van der Waals surface area contributed by atoms with Crippen molar-refractivity contribution < 1.29 is 23.9 Å². The van der Waals surface area contributed by atoms with Crippen LogP contribution in [0, 0.1) is 0 Å². The summed E-state index contributed by atoms with van der Waals surface area (Å²) in [5.41, 5.74) is 2.27. The first-order chi connectivity index (χ1) is 17.4. The molecule has 3 aromatic carbocycles. The van der Waals surface area contributed by atoms with Crippen molar-refractivity contribution in [1.29, 1.82) is 0 Å². The average molecular weight is 523 g/mol. The molecule has 0 aliphatic carbocycles. The number of nitrogens with zero attached hydrogens (tertiary/aromatic N) is 1. The number of ether oxygens (including phenoxy) is 2. The molecule has 36 heavy (non-hydrogen) atoms. The van der Waals surface area contributed by atoms with E-state index in [1.54, 1.807) is 66.7 Å². The molecular formula is C27H23ClN2O5S. The fourth-order valence-electron chi connectivity index (χ4n) is 3.34. The topological polar surface area (TPSA) is 84.9 Å². The number of amides is 3. The van der Waals surface area contributed by atoms with Crippen LogP contribution in [0.15, 0.2) is 77.7 Å². The van der Waals surface area contributed by atoms with E-state index in [9.17, 15) is 14.4 Å². The van der Waals surface area contributed by atoms with Crippen molar-refractivity contribution in [2.45, 2.75) is 13.5 Å². The molecule has 0 aromatic heterocycles. The molecule has 7 nitrogen and oxygen atoms in total. The highest BCUT2D eigenvalue weighted by atomic mass is 35.5. The molecule has 4 rings (SSSR count). The van der Waals surface area contributed by atoms with E-state index < -0.39 is 17.1 Å². The maximum absolute atomic E-state index is 12.8. The van der Waals surface area contributed by atoms with Crippen LogP contribution in [0.5, 0.6) is 11.5 Å². The van der Waals surface area contributed by atoms with Crippen molar-refractivity contribution in [2.75, 3.05) is 18.5 Å². The second kappa shape index (κ2) is 11.8. The zero-order valence-corrected chi connectivity index (χ0v) is 21.0. The van der Waals surface area contributed by atoms with Crippen LogP contribution in [0.2, 0.25) is 5.02 Å². The maximum atomic E-state index is 12.8. The predicted octanol–water partition coefficient (Wildman–Crippen LogP) is 5.99. The van der Waals surface area contributed by atoms with Gasteiger partial charge in [0.05, 0.1) is 11.5 Å². The number of rotatable bonds is 9. The summed E-state index contributed by atoms with van der Waals surface area (Å²) in [6.07, 6.45) is 1.62. The van der Waals surface area contributed by atoms with Crippen molar-refractivity contribution >= 4 is 52.2 Å². The number of hydrogen-bond donors (Lipinski definition) is 1. The van der Waals surface area contributed by atoms with E-state index in [4.69, 9.17) is 21.1 Å². The van der Waals surface area contributed by atoms with Gasteiger partial charge in [0.2, 0.25) is 5.91 Å². The number of carbonyl (C=O) groups excluding carboxylic acids is 3. The van der Waals surface area contributed by atoms with Gasteiger partial charge in [-0.15, -0.1) is 0 Å². The van der Waals surface area contributed by atoms with Crippen LogP contribution >= 0.6 is 23.4 Å². The molecule has 1 N–H and O–H groups in total. The van der Waals surface area contributed by atoms with Gasteiger partial charge in [-0.25, -0.2) is 0 Å². The number of imide groups is 1. The summed E-state index contributed by atoms with van der Waals surface area (Å²) >= 11 is 6.70. The molecule has 1 fully saturated rings. The number of hydrogen-bond acceptors (Lipinski definition) is 6. The molecule has 3 aromatic rings. The minimum Gasteiger partial charge on any atom is -0.494 e. The lowest BCUT2D eigenvalue weighted by Crippen LogP contribution is -2.36. The Morgan fingerprint density at radius 2 is 1.58 bits per heavy atom. The van der Waals surface area contributed by atoms with Gasteiger partial charge < -0.3 is 14.8 Å². The lowest BCUT2D eigenvalue weighted by atomic mass is 10.2. The van der Waals surface area contributed by atoms with E-state index in [1.807, 2.05) is 19.1 Å². The van der Waals surface area contributed by atoms with Gasteiger partial charge in [0.25, 0.3) is 11.1 Å². The molecule has 1 saturated heterocycles. The normalized spacial score (nSPS) is 14.3. The van der Waals surface area contributed by atoms with E-state index in [0.717, 1.165) is 27.8 Å². The lowest BCUT2D eigenvalue weighted by molar-refractivity contribution is -0.127. The third-order valence-corrected chi connectivity index (χ3v) is 6.28. The number of benzene rings is 3. The molecule has 0 saturated carbocycles. The number of thioether (sulfide) groups is 1. The van der Waals surface area contributed by atoms with Crippen molar-refractivity contribution in [1.82, 2.24) is 4.90 Å². The predicted molar refractivity (Wildman–Crippen MR) is 141 cm³/mol. The quantitative estimate of drug-likeness (QED) is 0.347. The van der Waals surface area contributed by atoms with Crippen molar-refractivity contribution in [2.24, 2.45) is 0 Å². The fourth-order valence-corrected chi connectivity index (χ4v) is 4.30. The first kappa shape index (κ1) is 25.3. The SMILES string of the molecule is CCOc1ccc(NC(=O)CN2C(=O)S/C(=C/c3ccc(OCc4ccc(Cl)cc4)cc3)C2=O)cc1. The third kappa shape index (κ3) is 6.68. The molecule has 1 heterocycles. The molecule has 184 valence electrons. The van der Waals surface area contributed by atoms with Crippen LogP contribution in [0.1, 0.15) is 18.1 Å². The highest BCUT2D eigenvalue weighted by Gasteiger charge is 2.36.